The number of nitrogens with one attached hydrogen (secondary N) is 1. The summed E-state index contributed by atoms with van der Waals surface area (Å²) in [6.45, 7) is 2.83. The summed E-state index contributed by atoms with van der Waals surface area (Å²) in [5.74, 6) is 0.754. The molecule has 1 aromatic carbocycles. The Morgan fingerprint density at radius 3 is 2.76 bits per heavy atom. The maximum absolute atomic E-state index is 9.24. The lowest BCUT2D eigenvalue weighted by Gasteiger charge is -2.05. The highest BCUT2D eigenvalue weighted by Gasteiger charge is 2.16. The number of hydrogen-bond acceptors (Lipinski definition) is 4. The molecule has 0 saturated carbocycles. The van der Waals surface area contributed by atoms with E-state index in [0.717, 1.165) is 19.4 Å². The third-order valence-corrected chi connectivity index (χ3v) is 3.74. The van der Waals surface area contributed by atoms with Crippen molar-refractivity contribution in [1.82, 2.24) is 9.78 Å². The van der Waals surface area contributed by atoms with E-state index >= 15 is 0 Å². The van der Waals surface area contributed by atoms with Gasteiger partial charge >= 0.3 is 0 Å². The van der Waals surface area contributed by atoms with Crippen LogP contribution in [-0.4, -0.2) is 16.3 Å². The highest BCUT2D eigenvalue weighted by molar-refractivity contribution is 6.42. The molecule has 0 fully saturated rings. The van der Waals surface area contributed by atoms with E-state index in [0.29, 0.717) is 27.1 Å². The van der Waals surface area contributed by atoms with E-state index in [1.54, 1.807) is 18.2 Å². The standard InChI is InChI=1S/C14H15Cl2N5/c1-2-3-6-19-14-10(8-17)13(18)21(20-14)9-4-5-11(15)12(16)7-9/h4-5,7H,2-3,6,18H2,1H3,(H,19,20). The Bertz CT molecular complexity index is 687. The molecule has 0 radical (unpaired) electrons. The monoisotopic (exact) mass is 323 g/mol. The number of benzene rings is 1. The molecule has 0 unspecified atom stereocenters. The van der Waals surface area contributed by atoms with E-state index in [4.69, 9.17) is 28.9 Å². The molecular formula is C14H15Cl2N5. The first-order chi connectivity index (χ1) is 10.1. The van der Waals surface area contributed by atoms with Crippen molar-refractivity contribution in [2.24, 2.45) is 0 Å². The van der Waals surface area contributed by atoms with Crippen molar-refractivity contribution >= 4 is 34.8 Å². The van der Waals surface area contributed by atoms with Crippen molar-refractivity contribution in [3.63, 3.8) is 0 Å². The molecule has 110 valence electrons. The second-order valence-corrected chi connectivity index (χ2v) is 5.33. The van der Waals surface area contributed by atoms with Crippen LogP contribution < -0.4 is 11.1 Å². The first kappa shape index (κ1) is 15.5. The van der Waals surface area contributed by atoms with Gasteiger partial charge in [-0.1, -0.05) is 36.5 Å². The van der Waals surface area contributed by atoms with Gasteiger partial charge in [0.2, 0.25) is 0 Å². The number of nitrogen functional groups attached to an aromatic ring is 1. The van der Waals surface area contributed by atoms with Gasteiger partial charge in [0.15, 0.2) is 5.82 Å². The second kappa shape index (κ2) is 6.70. The van der Waals surface area contributed by atoms with E-state index in [2.05, 4.69) is 23.4 Å². The minimum absolute atomic E-state index is 0.273. The number of nitrogens with two attached hydrogens (primary N) is 1. The van der Waals surface area contributed by atoms with Crippen LogP contribution in [0.4, 0.5) is 11.6 Å². The molecule has 0 saturated heterocycles. The van der Waals surface area contributed by atoms with Crippen molar-refractivity contribution in [2.45, 2.75) is 19.8 Å². The summed E-state index contributed by atoms with van der Waals surface area (Å²) < 4.78 is 1.48. The minimum atomic E-state index is 0.273. The Kier molecular flexibility index (Phi) is 4.94. The van der Waals surface area contributed by atoms with E-state index in [-0.39, 0.29) is 5.82 Å². The lowest BCUT2D eigenvalue weighted by molar-refractivity contribution is 0.822. The molecule has 21 heavy (non-hydrogen) atoms. The van der Waals surface area contributed by atoms with Crippen molar-refractivity contribution in [3.8, 4) is 11.8 Å². The topological polar surface area (TPSA) is 79.7 Å². The molecule has 7 heteroatoms. The Balaban J connectivity index is 2.40. The fraction of sp³-hybridized carbons (Fsp3) is 0.286. The van der Waals surface area contributed by atoms with E-state index in [1.165, 1.54) is 4.68 Å². The van der Waals surface area contributed by atoms with Crippen LogP contribution in [0.1, 0.15) is 25.3 Å². The molecule has 0 atom stereocenters. The predicted molar refractivity (Wildman–Crippen MR) is 86.1 cm³/mol. The second-order valence-electron chi connectivity index (χ2n) is 4.51. The van der Waals surface area contributed by atoms with E-state index in [1.807, 2.05) is 0 Å². The SMILES string of the molecule is CCCCNc1nn(-c2ccc(Cl)c(Cl)c2)c(N)c1C#N. The average Bonchev–Trinajstić information content (AvgIpc) is 2.78. The van der Waals surface area contributed by atoms with Crippen LogP contribution in [0.25, 0.3) is 5.69 Å². The summed E-state index contributed by atoms with van der Waals surface area (Å²) in [5, 5.41) is 17.6. The van der Waals surface area contributed by atoms with Gasteiger partial charge in [0.25, 0.3) is 0 Å². The Morgan fingerprint density at radius 1 is 1.38 bits per heavy atom. The summed E-state index contributed by atoms with van der Waals surface area (Å²) in [5.41, 5.74) is 6.99. The third-order valence-electron chi connectivity index (χ3n) is 3.00. The lowest BCUT2D eigenvalue weighted by Crippen LogP contribution is -2.04. The number of nitrogens with zero attached hydrogens (tertiary/aromatic N) is 3. The molecule has 0 spiro atoms. The number of rotatable bonds is 5. The predicted octanol–water partition coefficient (Wildman–Crippen LogP) is 3.84. The fourth-order valence-corrected chi connectivity index (χ4v) is 2.15. The minimum Gasteiger partial charge on any atom is -0.382 e. The summed E-state index contributed by atoms with van der Waals surface area (Å²) in [6, 6.07) is 7.14. The molecular weight excluding hydrogens is 309 g/mol. The van der Waals surface area contributed by atoms with Gasteiger partial charge in [-0.25, -0.2) is 4.68 Å². The number of aromatic nitrogens is 2. The maximum atomic E-state index is 9.24. The van der Waals surface area contributed by atoms with Crippen molar-refractivity contribution in [3.05, 3.63) is 33.8 Å². The number of unbranched alkanes of at least 4 members (excludes halogenated alkanes) is 1. The molecule has 2 rings (SSSR count). The Morgan fingerprint density at radius 2 is 2.14 bits per heavy atom. The fourth-order valence-electron chi connectivity index (χ4n) is 1.86. The molecule has 0 bridgehead atoms. The van der Waals surface area contributed by atoms with E-state index < -0.39 is 0 Å². The first-order valence-corrected chi connectivity index (χ1v) is 7.32. The summed E-state index contributed by atoms with van der Waals surface area (Å²) in [7, 11) is 0. The zero-order valence-electron chi connectivity index (χ0n) is 11.5. The molecule has 3 N–H and O–H groups in total. The highest BCUT2D eigenvalue weighted by atomic mass is 35.5. The molecule has 0 amide bonds. The number of hydrogen-bond donors (Lipinski definition) is 2. The number of halogens is 2. The maximum Gasteiger partial charge on any atom is 0.168 e. The van der Waals surface area contributed by atoms with Crippen LogP contribution in [0.3, 0.4) is 0 Å². The van der Waals surface area contributed by atoms with Crippen LogP contribution in [0, 0.1) is 11.3 Å². The van der Waals surface area contributed by atoms with Gasteiger partial charge in [0, 0.05) is 6.54 Å². The van der Waals surface area contributed by atoms with Gasteiger partial charge in [0.1, 0.15) is 17.5 Å². The molecule has 5 nitrogen and oxygen atoms in total. The largest absolute Gasteiger partial charge is 0.382 e. The quantitative estimate of drug-likeness (QED) is 0.819. The molecule has 2 aromatic rings. The molecule has 1 heterocycles. The summed E-state index contributed by atoms with van der Waals surface area (Å²) >= 11 is 11.9. The van der Waals surface area contributed by atoms with Gasteiger partial charge in [-0.2, -0.15) is 5.26 Å². The van der Waals surface area contributed by atoms with Gasteiger partial charge in [-0.05, 0) is 24.6 Å². The number of nitriles is 1. The Hall–Kier alpha value is -1.90. The molecule has 0 aliphatic heterocycles. The van der Waals surface area contributed by atoms with Crippen LogP contribution in [0.15, 0.2) is 18.2 Å². The van der Waals surface area contributed by atoms with Crippen molar-refractivity contribution in [2.75, 3.05) is 17.6 Å². The van der Waals surface area contributed by atoms with Gasteiger partial charge in [0.05, 0.1) is 15.7 Å². The lowest BCUT2D eigenvalue weighted by atomic mass is 10.3. The third kappa shape index (κ3) is 3.23. The first-order valence-electron chi connectivity index (χ1n) is 6.56. The molecule has 0 aliphatic rings. The van der Waals surface area contributed by atoms with Crippen LogP contribution in [-0.2, 0) is 0 Å². The molecule has 0 aliphatic carbocycles. The van der Waals surface area contributed by atoms with Crippen LogP contribution >= 0.6 is 23.2 Å². The van der Waals surface area contributed by atoms with Crippen LogP contribution in [0.5, 0.6) is 0 Å². The van der Waals surface area contributed by atoms with Crippen molar-refractivity contribution < 1.29 is 0 Å². The molecule has 1 aromatic heterocycles. The normalized spacial score (nSPS) is 10.4. The van der Waals surface area contributed by atoms with Crippen LogP contribution in [0.2, 0.25) is 10.0 Å². The van der Waals surface area contributed by atoms with Gasteiger partial charge < -0.3 is 11.1 Å². The number of anilines is 2. The van der Waals surface area contributed by atoms with Crippen molar-refractivity contribution in [1.29, 1.82) is 5.26 Å². The average molecular weight is 324 g/mol. The summed E-state index contributed by atoms with van der Waals surface area (Å²) in [6.07, 6.45) is 2.04. The zero-order valence-corrected chi connectivity index (χ0v) is 13.0. The Labute approximate surface area is 133 Å². The zero-order chi connectivity index (χ0) is 15.4. The van der Waals surface area contributed by atoms with Gasteiger partial charge in [-0.15, -0.1) is 5.10 Å². The van der Waals surface area contributed by atoms with Gasteiger partial charge in [-0.3, -0.25) is 0 Å². The smallest absolute Gasteiger partial charge is 0.168 e. The summed E-state index contributed by atoms with van der Waals surface area (Å²) in [4.78, 5) is 0. The highest BCUT2D eigenvalue weighted by Crippen LogP contribution is 2.28. The van der Waals surface area contributed by atoms with E-state index in [9.17, 15) is 5.26 Å².